The average Bonchev–Trinajstić information content (AvgIpc) is 3.51. The summed E-state index contributed by atoms with van der Waals surface area (Å²) in [4.78, 5) is 16.2. The Hall–Kier alpha value is -3.60. The van der Waals surface area contributed by atoms with E-state index in [1.807, 2.05) is 18.2 Å². The van der Waals surface area contributed by atoms with Gasteiger partial charge in [-0.2, -0.15) is 0 Å². The molecule has 5 rings (SSSR count). The van der Waals surface area contributed by atoms with Crippen LogP contribution in [0.5, 0.6) is 0 Å². The molecule has 0 saturated carbocycles. The smallest absolute Gasteiger partial charge is 0.350 e. The van der Waals surface area contributed by atoms with E-state index in [0.29, 0.717) is 5.00 Å². The largest absolute Gasteiger partial charge is 0.351 e. The molecule has 0 spiro atoms. The molecule has 2 aliphatic rings. The number of fused-ring (bicyclic) bond motifs is 6. The van der Waals surface area contributed by atoms with Crippen molar-refractivity contribution in [3.05, 3.63) is 56.7 Å². The third-order valence-corrected chi connectivity index (χ3v) is 9.98. The molecule has 158 valence electrons. The van der Waals surface area contributed by atoms with Gasteiger partial charge in [-0.05, 0) is 36.6 Å². The second kappa shape index (κ2) is 6.95. The fourth-order valence-electron chi connectivity index (χ4n) is 4.60. The van der Waals surface area contributed by atoms with Gasteiger partial charge < -0.3 is 9.69 Å². The van der Waals surface area contributed by atoms with Crippen LogP contribution in [0.25, 0.3) is 34.1 Å². The summed E-state index contributed by atoms with van der Waals surface area (Å²) < 4.78 is 4.72. The van der Waals surface area contributed by atoms with Crippen molar-refractivity contribution in [1.29, 1.82) is 10.5 Å². The van der Waals surface area contributed by atoms with Gasteiger partial charge in [-0.1, -0.05) is 43.3 Å². The first-order valence-corrected chi connectivity index (χ1v) is 12.3. The van der Waals surface area contributed by atoms with Gasteiger partial charge in [0.15, 0.2) is 0 Å². The Kier molecular flexibility index (Phi) is 4.47. The number of hydrogen-bond acceptors (Lipinski definition) is 7. The number of aliphatic imine (C=N–C) groups is 2. The summed E-state index contributed by atoms with van der Waals surface area (Å²) >= 11 is 5.00. The lowest BCUT2D eigenvalue weighted by Crippen LogP contribution is -2.15. The van der Waals surface area contributed by atoms with Crippen LogP contribution in [0.15, 0.2) is 33.4 Å². The van der Waals surface area contributed by atoms with Crippen molar-refractivity contribution in [3.8, 4) is 12.1 Å². The monoisotopic (exact) mass is 482 g/mol. The first kappa shape index (κ1) is 21.3. The summed E-state index contributed by atoms with van der Waals surface area (Å²) in [5.41, 5.74) is 3.85. The minimum atomic E-state index is -0.418. The molecule has 6 nitrogen and oxygen atoms in total. The van der Waals surface area contributed by atoms with E-state index in [1.165, 1.54) is 42.3 Å². The van der Waals surface area contributed by atoms with Gasteiger partial charge in [0.25, 0.3) is 0 Å². The molecular weight excluding hydrogens is 469 g/mol. The van der Waals surface area contributed by atoms with E-state index in [9.17, 15) is 5.26 Å². The predicted octanol–water partition coefficient (Wildman–Crippen LogP) is 7.46. The molecule has 3 aromatic rings. The van der Waals surface area contributed by atoms with E-state index >= 15 is 0 Å². The van der Waals surface area contributed by atoms with Gasteiger partial charge in [0.05, 0.1) is 24.2 Å². The second-order valence-electron chi connectivity index (χ2n) is 8.73. The Labute approximate surface area is 202 Å². The number of thiophene rings is 3. The molecule has 0 amide bonds. The maximum atomic E-state index is 9.20. The molecule has 9 heteroatoms. The zero-order valence-corrected chi connectivity index (χ0v) is 20.5. The van der Waals surface area contributed by atoms with Crippen LogP contribution in [0.3, 0.4) is 0 Å². The van der Waals surface area contributed by atoms with Gasteiger partial charge in [0, 0.05) is 16.4 Å². The van der Waals surface area contributed by atoms with Gasteiger partial charge in [0.1, 0.15) is 17.8 Å². The molecule has 0 radical (unpaired) electrons. The standard InChI is InChI=1S/C24H14N6S3/c1-23(2)11-7-13(29-14(9-25)27-5)24(3,4)17(11)20-18(23)21-22(33-20)19-12(31-21)8-16(32-19)30-15(10-26)28-6/h7-8H,1-4H3. The predicted molar refractivity (Wildman–Crippen MR) is 136 cm³/mol. The summed E-state index contributed by atoms with van der Waals surface area (Å²) in [6.07, 6.45) is 2.06. The summed E-state index contributed by atoms with van der Waals surface area (Å²) in [6.45, 7) is 22.9. The number of nitrogens with zero attached hydrogens (tertiary/aromatic N) is 6. The van der Waals surface area contributed by atoms with Crippen molar-refractivity contribution in [2.45, 2.75) is 33.1 Å². The van der Waals surface area contributed by atoms with Crippen molar-refractivity contribution < 1.29 is 0 Å². The summed E-state index contributed by atoms with van der Waals surface area (Å²) in [5, 5.41) is 18.9. The number of hydrogen-bond donors (Lipinski definition) is 0. The zero-order chi connectivity index (χ0) is 23.7. The maximum absolute atomic E-state index is 9.20. The zero-order valence-electron chi connectivity index (χ0n) is 18.1. The Morgan fingerprint density at radius 2 is 1.58 bits per heavy atom. The van der Waals surface area contributed by atoms with Gasteiger partial charge >= 0.3 is 11.7 Å². The topological polar surface area (TPSA) is 81.0 Å². The summed E-state index contributed by atoms with van der Waals surface area (Å²) in [6, 6.07) is 5.66. The molecule has 0 bridgehead atoms. The van der Waals surface area contributed by atoms with Gasteiger partial charge in [0.2, 0.25) is 5.00 Å². The highest BCUT2D eigenvalue weighted by Crippen LogP contribution is 2.65. The van der Waals surface area contributed by atoms with Crippen molar-refractivity contribution in [2.24, 2.45) is 15.4 Å². The van der Waals surface area contributed by atoms with E-state index in [4.69, 9.17) is 18.4 Å². The lowest BCUT2D eigenvalue weighted by molar-refractivity contribution is 0.607. The van der Waals surface area contributed by atoms with Gasteiger partial charge in [-0.15, -0.1) is 27.7 Å². The van der Waals surface area contributed by atoms with Crippen LogP contribution in [-0.4, -0.2) is 11.7 Å². The van der Waals surface area contributed by atoms with Crippen LogP contribution in [0.4, 0.5) is 5.00 Å². The first-order chi connectivity index (χ1) is 15.7. The molecular formula is C24H14N6S3. The Balaban J connectivity index is 1.69. The van der Waals surface area contributed by atoms with Gasteiger partial charge in [-0.3, -0.25) is 0 Å². The highest BCUT2D eigenvalue weighted by atomic mass is 32.1. The van der Waals surface area contributed by atoms with Crippen LogP contribution >= 0.6 is 34.0 Å². The Morgan fingerprint density at radius 3 is 2.21 bits per heavy atom. The van der Waals surface area contributed by atoms with E-state index in [2.05, 4.69) is 53.4 Å². The fourth-order valence-corrected chi connectivity index (χ4v) is 9.25. The summed E-state index contributed by atoms with van der Waals surface area (Å²) in [5.74, 6) is -0.307. The molecule has 0 aromatic carbocycles. The molecule has 0 atom stereocenters. The number of amidine groups is 2. The minimum absolute atomic E-state index is 0.148. The molecule has 0 unspecified atom stereocenters. The van der Waals surface area contributed by atoms with Crippen LogP contribution in [0.2, 0.25) is 0 Å². The van der Waals surface area contributed by atoms with Crippen LogP contribution in [0, 0.1) is 41.2 Å². The number of allylic oxidation sites excluding steroid dienone is 3. The van der Waals surface area contributed by atoms with Crippen molar-refractivity contribution in [3.63, 3.8) is 0 Å². The Bertz CT molecular complexity index is 1670. The molecule has 33 heavy (non-hydrogen) atoms. The molecule has 2 aliphatic carbocycles. The molecule has 0 aliphatic heterocycles. The van der Waals surface area contributed by atoms with E-state index in [-0.39, 0.29) is 17.1 Å². The molecule has 0 fully saturated rings. The quantitative estimate of drug-likeness (QED) is 0.216. The highest BCUT2D eigenvalue weighted by molar-refractivity contribution is 7.40. The van der Waals surface area contributed by atoms with Crippen molar-refractivity contribution in [1.82, 2.24) is 0 Å². The van der Waals surface area contributed by atoms with Crippen LogP contribution in [0.1, 0.15) is 38.1 Å². The van der Waals surface area contributed by atoms with Crippen LogP contribution in [-0.2, 0) is 5.41 Å². The van der Waals surface area contributed by atoms with E-state index in [0.717, 1.165) is 15.1 Å². The maximum Gasteiger partial charge on any atom is 0.350 e. The van der Waals surface area contributed by atoms with Crippen molar-refractivity contribution >= 4 is 75.1 Å². The van der Waals surface area contributed by atoms with Gasteiger partial charge in [-0.25, -0.2) is 10.5 Å². The summed E-state index contributed by atoms with van der Waals surface area (Å²) in [7, 11) is 0. The molecule has 0 N–H and O–H groups in total. The Morgan fingerprint density at radius 1 is 0.909 bits per heavy atom. The molecule has 3 aromatic heterocycles. The van der Waals surface area contributed by atoms with Crippen molar-refractivity contribution in [2.75, 3.05) is 0 Å². The second-order valence-corrected chi connectivity index (χ2v) is 11.8. The lowest BCUT2D eigenvalue weighted by Gasteiger charge is -2.21. The first-order valence-electron chi connectivity index (χ1n) is 9.87. The number of nitriles is 2. The number of rotatable bonds is 2. The highest BCUT2D eigenvalue weighted by Gasteiger charge is 2.51. The van der Waals surface area contributed by atoms with E-state index < -0.39 is 5.41 Å². The van der Waals surface area contributed by atoms with Crippen LogP contribution < -0.4 is 0 Å². The lowest BCUT2D eigenvalue weighted by atomic mass is 9.82. The molecule has 0 saturated heterocycles. The molecule has 3 heterocycles. The minimum Gasteiger partial charge on any atom is -0.351 e. The third kappa shape index (κ3) is 2.78. The van der Waals surface area contributed by atoms with E-state index in [1.54, 1.807) is 22.7 Å². The normalized spacial score (nSPS) is 18.5. The third-order valence-electron chi connectivity index (χ3n) is 6.16. The SMILES string of the molecule is [C-]#[N+]C(C#N)=NC1=CC2=C(c3sc4c(sc5cc(N=C(C#N)[N+]#[C-])sc54)c3C2(C)C)C1(C)C. The average molecular weight is 483 g/mol. The fraction of sp³-hybridized carbons (Fsp3) is 0.250.